The lowest BCUT2D eigenvalue weighted by Gasteiger charge is -2.32. The van der Waals surface area contributed by atoms with Gasteiger partial charge in [0.1, 0.15) is 5.82 Å². The molecule has 4 rings (SSSR count). The molecule has 27 heavy (non-hydrogen) atoms. The van der Waals surface area contributed by atoms with Gasteiger partial charge in [0, 0.05) is 50.2 Å². The lowest BCUT2D eigenvalue weighted by atomic mass is 10.1. The van der Waals surface area contributed by atoms with Crippen molar-refractivity contribution in [2.75, 3.05) is 31.1 Å². The molecule has 2 aliphatic rings. The fourth-order valence-corrected chi connectivity index (χ4v) is 3.96. The van der Waals surface area contributed by atoms with Gasteiger partial charge in [0.2, 0.25) is 0 Å². The fraction of sp³-hybridized carbons (Fsp3) is 0.579. The predicted octanol–water partition coefficient (Wildman–Crippen LogP) is 2.13. The highest BCUT2D eigenvalue weighted by molar-refractivity contribution is 5.74. The van der Waals surface area contributed by atoms with Crippen LogP contribution in [0.15, 0.2) is 24.5 Å². The zero-order valence-corrected chi connectivity index (χ0v) is 15.8. The molecule has 2 aromatic rings. The first-order chi connectivity index (χ1) is 13.2. The van der Waals surface area contributed by atoms with Crippen LogP contribution in [0.25, 0.3) is 0 Å². The Hall–Kier alpha value is -2.64. The summed E-state index contributed by atoms with van der Waals surface area (Å²) in [5, 5.41) is 11.1. The Kier molecular flexibility index (Phi) is 5.22. The van der Waals surface area contributed by atoms with E-state index in [1.807, 2.05) is 28.8 Å². The second-order valence-electron chi connectivity index (χ2n) is 7.41. The number of aryl methyl sites for hydroxylation is 1. The van der Waals surface area contributed by atoms with Gasteiger partial charge in [0.05, 0.1) is 12.2 Å². The number of urea groups is 1. The molecular formula is C19H27N7O. The average Bonchev–Trinajstić information content (AvgIpc) is 3.40. The Morgan fingerprint density at radius 1 is 1.22 bits per heavy atom. The molecule has 0 aliphatic carbocycles. The van der Waals surface area contributed by atoms with Gasteiger partial charge >= 0.3 is 6.03 Å². The Morgan fingerprint density at radius 3 is 2.85 bits per heavy atom. The first-order valence-electron chi connectivity index (χ1n) is 9.81. The van der Waals surface area contributed by atoms with Crippen LogP contribution in [0.4, 0.5) is 10.6 Å². The summed E-state index contributed by atoms with van der Waals surface area (Å²) in [6.45, 7) is 6.05. The number of nitrogens with zero attached hydrogens (tertiary/aromatic N) is 6. The molecule has 1 atom stereocenters. The van der Waals surface area contributed by atoms with Crippen LogP contribution in [0.2, 0.25) is 0 Å². The molecule has 0 bridgehead atoms. The number of carbonyl (C=O) groups is 1. The standard InChI is InChI=1S/C19H27N7O/c1-15-6-7-16(18(22-15)24-9-2-3-10-24)13-20-19(27)25-11-4-5-17(14-25)26-12-8-21-23-26/h6-8,12,17H,2-5,9-11,13-14H2,1H3,(H,20,27). The Morgan fingerprint density at radius 2 is 2.07 bits per heavy atom. The molecule has 2 fully saturated rings. The molecule has 0 aromatic carbocycles. The highest BCUT2D eigenvalue weighted by atomic mass is 16.2. The van der Waals surface area contributed by atoms with Crippen molar-refractivity contribution in [3.05, 3.63) is 35.8 Å². The highest BCUT2D eigenvalue weighted by Gasteiger charge is 2.25. The number of hydrogen-bond donors (Lipinski definition) is 1. The van der Waals surface area contributed by atoms with Crippen LogP contribution < -0.4 is 10.2 Å². The molecule has 144 valence electrons. The summed E-state index contributed by atoms with van der Waals surface area (Å²) in [6, 6.07) is 4.29. The molecule has 2 aliphatic heterocycles. The van der Waals surface area contributed by atoms with E-state index >= 15 is 0 Å². The molecule has 0 radical (unpaired) electrons. The second kappa shape index (κ2) is 7.94. The van der Waals surface area contributed by atoms with Crippen molar-refractivity contribution in [2.24, 2.45) is 0 Å². The number of anilines is 1. The number of aromatic nitrogens is 4. The minimum atomic E-state index is -0.0206. The molecule has 4 heterocycles. The third-order valence-corrected chi connectivity index (χ3v) is 5.43. The molecule has 1 N–H and O–H groups in total. The first kappa shape index (κ1) is 17.8. The quantitative estimate of drug-likeness (QED) is 0.893. The summed E-state index contributed by atoms with van der Waals surface area (Å²) in [5.41, 5.74) is 2.10. The van der Waals surface area contributed by atoms with E-state index in [9.17, 15) is 4.79 Å². The molecule has 2 aromatic heterocycles. The van der Waals surface area contributed by atoms with Crippen molar-refractivity contribution in [1.29, 1.82) is 0 Å². The van der Waals surface area contributed by atoms with Gasteiger partial charge in [0.25, 0.3) is 0 Å². The van der Waals surface area contributed by atoms with E-state index < -0.39 is 0 Å². The second-order valence-corrected chi connectivity index (χ2v) is 7.41. The minimum absolute atomic E-state index is 0.0206. The van der Waals surface area contributed by atoms with Crippen LogP contribution in [-0.4, -0.2) is 57.1 Å². The van der Waals surface area contributed by atoms with E-state index in [-0.39, 0.29) is 12.1 Å². The third kappa shape index (κ3) is 4.04. The van der Waals surface area contributed by atoms with Gasteiger partial charge in [-0.2, -0.15) is 0 Å². The Balaban J connectivity index is 1.39. The number of likely N-dealkylation sites (tertiary alicyclic amines) is 1. The molecule has 1 unspecified atom stereocenters. The van der Waals surface area contributed by atoms with Gasteiger partial charge in [-0.1, -0.05) is 11.3 Å². The van der Waals surface area contributed by atoms with Crippen molar-refractivity contribution >= 4 is 11.8 Å². The van der Waals surface area contributed by atoms with Crippen LogP contribution in [0, 0.1) is 6.92 Å². The van der Waals surface area contributed by atoms with Crippen molar-refractivity contribution < 1.29 is 4.79 Å². The zero-order valence-electron chi connectivity index (χ0n) is 15.8. The van der Waals surface area contributed by atoms with Crippen LogP contribution in [0.5, 0.6) is 0 Å². The molecule has 0 saturated carbocycles. The topological polar surface area (TPSA) is 79.2 Å². The number of amides is 2. The number of rotatable bonds is 4. The van der Waals surface area contributed by atoms with Gasteiger partial charge in [-0.25, -0.2) is 14.5 Å². The predicted molar refractivity (Wildman–Crippen MR) is 103 cm³/mol. The summed E-state index contributed by atoms with van der Waals surface area (Å²) >= 11 is 0. The zero-order chi connectivity index (χ0) is 18.6. The van der Waals surface area contributed by atoms with E-state index in [1.165, 1.54) is 12.8 Å². The van der Waals surface area contributed by atoms with Gasteiger partial charge in [-0.3, -0.25) is 0 Å². The monoisotopic (exact) mass is 369 g/mol. The summed E-state index contributed by atoms with van der Waals surface area (Å²) in [6.07, 6.45) is 7.96. The smallest absolute Gasteiger partial charge is 0.317 e. The fourth-order valence-electron chi connectivity index (χ4n) is 3.96. The van der Waals surface area contributed by atoms with Crippen LogP contribution in [0.3, 0.4) is 0 Å². The highest BCUT2D eigenvalue weighted by Crippen LogP contribution is 2.24. The van der Waals surface area contributed by atoms with E-state index in [1.54, 1.807) is 6.20 Å². The van der Waals surface area contributed by atoms with Gasteiger partial charge in [0.15, 0.2) is 0 Å². The normalized spacial score (nSPS) is 20.1. The van der Waals surface area contributed by atoms with Crippen molar-refractivity contribution in [2.45, 2.75) is 45.2 Å². The summed E-state index contributed by atoms with van der Waals surface area (Å²) in [7, 11) is 0. The molecule has 8 heteroatoms. The third-order valence-electron chi connectivity index (χ3n) is 5.43. The number of nitrogens with one attached hydrogen (secondary N) is 1. The summed E-state index contributed by atoms with van der Waals surface area (Å²) in [4.78, 5) is 21.7. The Bertz CT molecular complexity index is 770. The van der Waals surface area contributed by atoms with E-state index in [0.717, 1.165) is 49.6 Å². The minimum Gasteiger partial charge on any atom is -0.356 e. The maximum Gasteiger partial charge on any atom is 0.317 e. The summed E-state index contributed by atoms with van der Waals surface area (Å²) < 4.78 is 1.86. The molecule has 8 nitrogen and oxygen atoms in total. The number of hydrogen-bond acceptors (Lipinski definition) is 5. The van der Waals surface area contributed by atoms with Gasteiger partial charge < -0.3 is 15.1 Å². The summed E-state index contributed by atoms with van der Waals surface area (Å²) in [5.74, 6) is 1.02. The molecule has 2 saturated heterocycles. The maximum atomic E-state index is 12.7. The number of piperidine rings is 1. The molecular weight excluding hydrogens is 342 g/mol. The van der Waals surface area contributed by atoms with Crippen LogP contribution in [-0.2, 0) is 6.54 Å². The van der Waals surface area contributed by atoms with Gasteiger partial charge in [-0.05, 0) is 38.7 Å². The number of pyridine rings is 1. The molecule has 2 amide bonds. The van der Waals surface area contributed by atoms with Crippen molar-refractivity contribution in [3.63, 3.8) is 0 Å². The first-order valence-corrected chi connectivity index (χ1v) is 9.81. The maximum absolute atomic E-state index is 12.7. The molecule has 0 spiro atoms. The lowest BCUT2D eigenvalue weighted by molar-refractivity contribution is 0.162. The van der Waals surface area contributed by atoms with Crippen molar-refractivity contribution in [3.8, 4) is 0 Å². The van der Waals surface area contributed by atoms with E-state index in [2.05, 4.69) is 26.6 Å². The van der Waals surface area contributed by atoms with Gasteiger partial charge in [-0.15, -0.1) is 5.10 Å². The van der Waals surface area contributed by atoms with Crippen LogP contribution >= 0.6 is 0 Å². The lowest BCUT2D eigenvalue weighted by Crippen LogP contribution is -2.45. The largest absolute Gasteiger partial charge is 0.356 e. The van der Waals surface area contributed by atoms with E-state index in [4.69, 9.17) is 4.98 Å². The number of carbonyl (C=O) groups excluding carboxylic acids is 1. The average molecular weight is 369 g/mol. The van der Waals surface area contributed by atoms with Crippen molar-refractivity contribution in [1.82, 2.24) is 30.2 Å². The Labute approximate surface area is 159 Å². The van der Waals surface area contributed by atoms with Crippen LogP contribution in [0.1, 0.15) is 43.0 Å². The SMILES string of the molecule is Cc1ccc(CNC(=O)N2CCCC(n3ccnn3)C2)c(N2CCCC2)n1. The van der Waals surface area contributed by atoms with E-state index in [0.29, 0.717) is 13.1 Å².